The van der Waals surface area contributed by atoms with Crippen LogP contribution >= 0.6 is 0 Å². The van der Waals surface area contributed by atoms with Crippen LogP contribution < -0.4 is 0 Å². The molecular formula is C22H20F3NO. The van der Waals surface area contributed by atoms with Gasteiger partial charge in [-0.3, -0.25) is 9.78 Å². The molecule has 0 aliphatic heterocycles. The van der Waals surface area contributed by atoms with Crippen LogP contribution in [0.15, 0.2) is 60.8 Å². The van der Waals surface area contributed by atoms with Crippen molar-refractivity contribution in [1.82, 2.24) is 4.98 Å². The second-order valence-electron chi connectivity index (χ2n) is 7.07. The normalized spacial score (nSPS) is 13.7. The number of hydrogen-bond donors (Lipinski definition) is 0. The van der Waals surface area contributed by atoms with E-state index in [0.29, 0.717) is 10.9 Å². The molecule has 0 spiro atoms. The van der Waals surface area contributed by atoms with Crippen LogP contribution in [0.5, 0.6) is 0 Å². The summed E-state index contributed by atoms with van der Waals surface area (Å²) >= 11 is 0. The lowest BCUT2D eigenvalue weighted by atomic mass is 9.75. The molecule has 2 aromatic carbocycles. The van der Waals surface area contributed by atoms with Gasteiger partial charge in [-0.25, -0.2) is 13.2 Å². The second kappa shape index (κ2) is 7.91. The summed E-state index contributed by atoms with van der Waals surface area (Å²) in [4.78, 5) is 17.0. The number of carbonyl (C=O) groups excluding carboxylic acids is 1. The summed E-state index contributed by atoms with van der Waals surface area (Å²) in [7, 11) is 0. The molecule has 140 valence electrons. The van der Waals surface area contributed by atoms with E-state index in [-0.39, 0.29) is 24.1 Å². The molecule has 3 rings (SSSR count). The highest BCUT2D eigenvalue weighted by atomic mass is 19.3. The molecule has 1 atom stereocenters. The van der Waals surface area contributed by atoms with E-state index in [4.69, 9.17) is 0 Å². The van der Waals surface area contributed by atoms with Crippen molar-refractivity contribution in [3.8, 4) is 0 Å². The van der Waals surface area contributed by atoms with E-state index in [2.05, 4.69) is 4.98 Å². The molecule has 5 heteroatoms. The van der Waals surface area contributed by atoms with Crippen LogP contribution in [-0.2, 0) is 17.6 Å². The Labute approximate surface area is 156 Å². The molecule has 1 aromatic heterocycles. The Morgan fingerprint density at radius 2 is 1.81 bits per heavy atom. The van der Waals surface area contributed by atoms with E-state index in [1.807, 2.05) is 30.3 Å². The minimum atomic E-state index is -2.58. The summed E-state index contributed by atoms with van der Waals surface area (Å²) in [5.41, 5.74) is 0.472. The van der Waals surface area contributed by atoms with Gasteiger partial charge in [-0.2, -0.15) is 0 Å². The van der Waals surface area contributed by atoms with E-state index in [9.17, 15) is 18.0 Å². The number of aromatic nitrogens is 1. The first-order chi connectivity index (χ1) is 12.9. The van der Waals surface area contributed by atoms with Crippen LogP contribution in [0, 0.1) is 11.2 Å². The molecule has 0 bridgehead atoms. The zero-order valence-corrected chi connectivity index (χ0v) is 15.0. The number of hydrogen-bond acceptors (Lipinski definition) is 2. The molecule has 0 saturated carbocycles. The van der Waals surface area contributed by atoms with E-state index >= 15 is 0 Å². The molecule has 1 heterocycles. The summed E-state index contributed by atoms with van der Waals surface area (Å²) in [5.74, 6) is -0.707. The maximum atomic E-state index is 13.7. The quantitative estimate of drug-likeness (QED) is 0.557. The average Bonchev–Trinajstić information content (AvgIpc) is 2.62. The first-order valence-corrected chi connectivity index (χ1v) is 8.76. The van der Waals surface area contributed by atoms with Crippen molar-refractivity contribution < 1.29 is 18.0 Å². The maximum Gasteiger partial charge on any atom is 0.239 e. The van der Waals surface area contributed by atoms with Crippen LogP contribution in [0.1, 0.15) is 24.5 Å². The number of rotatable bonds is 7. The lowest BCUT2D eigenvalue weighted by molar-refractivity contribution is -0.129. The monoisotopic (exact) mass is 371 g/mol. The van der Waals surface area contributed by atoms with E-state index in [1.54, 1.807) is 25.1 Å². The van der Waals surface area contributed by atoms with Crippen molar-refractivity contribution in [2.75, 3.05) is 0 Å². The lowest BCUT2D eigenvalue weighted by Crippen LogP contribution is -2.34. The SMILES string of the molecule is CC(Cc1ccccc1)(CC(F)F)C(=O)Cc1cnc2c(F)cccc2c1. The standard InChI is InChI=1S/C22H20F3NO/c1-22(13-20(24)25,12-15-6-3-2-4-7-15)19(27)11-16-10-17-8-5-9-18(23)21(17)26-14-16/h2-10,14,20H,11-13H2,1H3. The Hall–Kier alpha value is -2.69. The summed E-state index contributed by atoms with van der Waals surface area (Å²) in [6.07, 6.45) is -1.42. The molecule has 0 N–H and O–H groups in total. The van der Waals surface area contributed by atoms with Crippen molar-refractivity contribution in [3.63, 3.8) is 0 Å². The summed E-state index contributed by atoms with van der Waals surface area (Å²) in [5, 5.41) is 0.582. The van der Waals surface area contributed by atoms with Gasteiger partial charge in [0.05, 0.1) is 0 Å². The number of fused-ring (bicyclic) bond motifs is 1. The Morgan fingerprint density at radius 3 is 2.52 bits per heavy atom. The van der Waals surface area contributed by atoms with E-state index in [0.717, 1.165) is 5.56 Å². The van der Waals surface area contributed by atoms with Gasteiger partial charge in [0, 0.05) is 29.8 Å². The first kappa shape index (κ1) is 19.1. The number of ketones is 1. The Kier molecular flexibility index (Phi) is 5.59. The van der Waals surface area contributed by atoms with Gasteiger partial charge in [0.1, 0.15) is 17.1 Å². The van der Waals surface area contributed by atoms with Crippen molar-refractivity contribution >= 4 is 16.7 Å². The van der Waals surface area contributed by atoms with Crippen molar-refractivity contribution in [2.45, 2.75) is 32.6 Å². The number of pyridine rings is 1. The zero-order valence-electron chi connectivity index (χ0n) is 15.0. The molecule has 0 aliphatic carbocycles. The van der Waals surface area contributed by atoms with Crippen molar-refractivity contribution in [2.24, 2.45) is 5.41 Å². The van der Waals surface area contributed by atoms with Gasteiger partial charge in [0.25, 0.3) is 0 Å². The largest absolute Gasteiger partial charge is 0.299 e. The molecule has 1 unspecified atom stereocenters. The molecule has 0 amide bonds. The van der Waals surface area contributed by atoms with Crippen molar-refractivity contribution in [3.05, 3.63) is 77.7 Å². The molecule has 27 heavy (non-hydrogen) atoms. The second-order valence-corrected chi connectivity index (χ2v) is 7.07. The molecular weight excluding hydrogens is 351 g/mol. The summed E-state index contributed by atoms with van der Waals surface area (Å²) in [6, 6.07) is 15.4. The molecule has 0 aliphatic rings. The number of para-hydroxylation sites is 1. The Morgan fingerprint density at radius 1 is 1.07 bits per heavy atom. The number of carbonyl (C=O) groups is 1. The minimum absolute atomic E-state index is 0.0183. The Balaban J connectivity index is 1.85. The number of benzene rings is 2. The summed E-state index contributed by atoms with van der Waals surface area (Å²) < 4.78 is 40.1. The lowest BCUT2D eigenvalue weighted by Gasteiger charge is -2.28. The molecule has 3 aromatic rings. The van der Waals surface area contributed by atoms with Crippen LogP contribution in [-0.4, -0.2) is 17.2 Å². The predicted molar refractivity (Wildman–Crippen MR) is 99.3 cm³/mol. The fourth-order valence-corrected chi connectivity index (χ4v) is 3.34. The topological polar surface area (TPSA) is 30.0 Å². The van der Waals surface area contributed by atoms with Crippen LogP contribution in [0.3, 0.4) is 0 Å². The average molecular weight is 371 g/mol. The van der Waals surface area contributed by atoms with E-state index < -0.39 is 24.1 Å². The highest BCUT2D eigenvalue weighted by Gasteiger charge is 2.36. The van der Waals surface area contributed by atoms with E-state index in [1.165, 1.54) is 12.3 Å². The van der Waals surface area contributed by atoms with Gasteiger partial charge < -0.3 is 0 Å². The highest BCUT2D eigenvalue weighted by molar-refractivity contribution is 5.88. The first-order valence-electron chi connectivity index (χ1n) is 8.76. The van der Waals surface area contributed by atoms with Gasteiger partial charge in [-0.15, -0.1) is 0 Å². The minimum Gasteiger partial charge on any atom is -0.299 e. The van der Waals surface area contributed by atoms with Crippen LogP contribution in [0.25, 0.3) is 10.9 Å². The Bertz CT molecular complexity index is 943. The molecule has 0 fully saturated rings. The number of halogens is 3. The zero-order chi connectivity index (χ0) is 19.4. The number of nitrogens with zero attached hydrogens (tertiary/aromatic N) is 1. The van der Waals surface area contributed by atoms with Gasteiger partial charge in [-0.1, -0.05) is 49.4 Å². The summed E-state index contributed by atoms with van der Waals surface area (Å²) in [6.45, 7) is 1.59. The van der Waals surface area contributed by atoms with Gasteiger partial charge in [0.15, 0.2) is 0 Å². The third-order valence-corrected chi connectivity index (χ3v) is 4.80. The fourth-order valence-electron chi connectivity index (χ4n) is 3.34. The van der Waals surface area contributed by atoms with Crippen LogP contribution in [0.4, 0.5) is 13.2 Å². The third-order valence-electron chi connectivity index (χ3n) is 4.80. The fraction of sp³-hybridized carbons (Fsp3) is 0.273. The van der Waals surface area contributed by atoms with Gasteiger partial charge >= 0.3 is 0 Å². The van der Waals surface area contributed by atoms with Gasteiger partial charge in [0.2, 0.25) is 6.43 Å². The molecule has 0 saturated heterocycles. The molecule has 2 nitrogen and oxygen atoms in total. The smallest absolute Gasteiger partial charge is 0.239 e. The van der Waals surface area contributed by atoms with Crippen molar-refractivity contribution in [1.29, 1.82) is 0 Å². The molecule has 0 radical (unpaired) electrons. The van der Waals surface area contributed by atoms with Gasteiger partial charge in [-0.05, 0) is 29.7 Å². The number of Topliss-reactive ketones (excluding diaryl/α,β-unsaturated/α-hetero) is 1. The third kappa shape index (κ3) is 4.54. The number of alkyl halides is 2. The maximum absolute atomic E-state index is 13.7. The highest BCUT2D eigenvalue weighted by Crippen LogP contribution is 2.32. The predicted octanol–water partition coefficient (Wildman–Crippen LogP) is 5.39. The van der Waals surface area contributed by atoms with Crippen LogP contribution in [0.2, 0.25) is 0 Å².